The van der Waals surface area contributed by atoms with E-state index in [0.717, 1.165) is 4.47 Å². The molecule has 0 saturated carbocycles. The molecule has 1 rings (SSSR count). The third-order valence-electron chi connectivity index (χ3n) is 1.33. The van der Waals surface area contributed by atoms with E-state index in [1.165, 1.54) is 0 Å². The van der Waals surface area contributed by atoms with Gasteiger partial charge in [-0.15, -0.1) is 0 Å². The Morgan fingerprint density at radius 3 is 3.00 bits per heavy atom. The molecule has 0 radical (unpaired) electrons. The fourth-order valence-corrected chi connectivity index (χ4v) is 1.22. The van der Waals surface area contributed by atoms with E-state index in [-0.39, 0.29) is 0 Å². The van der Waals surface area contributed by atoms with Crippen LogP contribution in [0.3, 0.4) is 0 Å². The molecule has 13 heavy (non-hydrogen) atoms. The van der Waals surface area contributed by atoms with Gasteiger partial charge >= 0.3 is 0 Å². The van der Waals surface area contributed by atoms with Crippen LogP contribution in [0.15, 0.2) is 16.7 Å². The van der Waals surface area contributed by atoms with Crippen LogP contribution in [0.1, 0.15) is 0 Å². The molecule has 1 aromatic rings. The highest BCUT2D eigenvalue weighted by molar-refractivity contribution is 9.10. The number of hydrogen-bond donors (Lipinski definition) is 0. The van der Waals surface area contributed by atoms with Gasteiger partial charge in [0.2, 0.25) is 0 Å². The lowest BCUT2D eigenvalue weighted by Gasteiger charge is -2.06. The van der Waals surface area contributed by atoms with Crippen molar-refractivity contribution in [2.45, 2.75) is 0 Å². The summed E-state index contributed by atoms with van der Waals surface area (Å²) in [6.07, 6.45) is 1.60. The first-order valence-electron chi connectivity index (χ1n) is 3.67. The molecule has 0 aliphatic rings. The smallest absolute Gasteiger partial charge is 0.138 e. The lowest BCUT2D eigenvalue weighted by molar-refractivity contribution is 0.146. The zero-order valence-corrected chi connectivity index (χ0v) is 9.43. The van der Waals surface area contributed by atoms with Crippen LogP contribution in [-0.2, 0) is 4.74 Å². The van der Waals surface area contributed by atoms with Crippen LogP contribution in [0.25, 0.3) is 0 Å². The Morgan fingerprint density at radius 1 is 1.54 bits per heavy atom. The van der Waals surface area contributed by atoms with Crippen LogP contribution < -0.4 is 4.74 Å². The third-order valence-corrected chi connectivity index (χ3v) is 2.13. The summed E-state index contributed by atoms with van der Waals surface area (Å²) in [6.45, 7) is 1.04. The number of ether oxygens (including phenoxy) is 2. The van der Waals surface area contributed by atoms with Crippen LogP contribution in [0, 0.1) is 0 Å². The number of rotatable bonds is 4. The van der Waals surface area contributed by atoms with Gasteiger partial charge < -0.3 is 9.47 Å². The van der Waals surface area contributed by atoms with Crippen molar-refractivity contribution in [1.29, 1.82) is 0 Å². The highest BCUT2D eigenvalue weighted by Crippen LogP contribution is 2.25. The molecule has 0 atom stereocenters. The first-order chi connectivity index (χ1) is 6.24. The predicted octanol–water partition coefficient (Wildman–Crippen LogP) is 2.52. The van der Waals surface area contributed by atoms with Gasteiger partial charge in [0.25, 0.3) is 0 Å². The van der Waals surface area contributed by atoms with Crippen molar-refractivity contribution in [3.8, 4) is 5.75 Å². The van der Waals surface area contributed by atoms with Crippen molar-refractivity contribution in [2.75, 3.05) is 20.3 Å². The second-order valence-corrected chi connectivity index (χ2v) is 3.52. The van der Waals surface area contributed by atoms with Crippen molar-refractivity contribution in [2.24, 2.45) is 0 Å². The first-order valence-corrected chi connectivity index (χ1v) is 4.84. The fraction of sp³-hybridized carbons (Fsp3) is 0.375. The molecule has 0 bridgehead atoms. The standard InChI is InChI=1S/C8H9BrClNO2/c1-12-2-3-13-7-4-8(10)11-5-6(7)9/h4-5H,2-3H2,1H3. The minimum Gasteiger partial charge on any atom is -0.490 e. The quantitative estimate of drug-likeness (QED) is 0.620. The van der Waals surface area contributed by atoms with Gasteiger partial charge in [-0.05, 0) is 15.9 Å². The van der Waals surface area contributed by atoms with Gasteiger partial charge in [0.05, 0.1) is 11.1 Å². The summed E-state index contributed by atoms with van der Waals surface area (Å²) in [7, 11) is 1.62. The van der Waals surface area contributed by atoms with Crippen LogP contribution in [0.2, 0.25) is 5.15 Å². The Hall–Kier alpha value is -0.320. The van der Waals surface area contributed by atoms with E-state index in [1.807, 2.05) is 0 Å². The fourth-order valence-electron chi connectivity index (χ4n) is 0.742. The van der Waals surface area contributed by atoms with E-state index in [1.54, 1.807) is 19.4 Å². The maximum atomic E-state index is 5.69. The first kappa shape index (κ1) is 10.8. The van der Waals surface area contributed by atoms with E-state index in [0.29, 0.717) is 24.1 Å². The molecule has 1 aromatic heterocycles. The molecule has 0 saturated heterocycles. The highest BCUT2D eigenvalue weighted by atomic mass is 79.9. The largest absolute Gasteiger partial charge is 0.490 e. The van der Waals surface area contributed by atoms with E-state index in [2.05, 4.69) is 20.9 Å². The van der Waals surface area contributed by atoms with E-state index in [9.17, 15) is 0 Å². The average Bonchev–Trinajstić information content (AvgIpc) is 2.11. The van der Waals surface area contributed by atoms with Gasteiger partial charge in [0.15, 0.2) is 0 Å². The lowest BCUT2D eigenvalue weighted by Crippen LogP contribution is -2.04. The Bertz CT molecular complexity index is 283. The molecule has 72 valence electrons. The second-order valence-electron chi connectivity index (χ2n) is 2.28. The van der Waals surface area contributed by atoms with Gasteiger partial charge in [-0.2, -0.15) is 0 Å². The van der Waals surface area contributed by atoms with Gasteiger partial charge in [-0.25, -0.2) is 4.98 Å². The van der Waals surface area contributed by atoms with Gasteiger partial charge in [0, 0.05) is 19.4 Å². The van der Waals surface area contributed by atoms with Crippen molar-refractivity contribution < 1.29 is 9.47 Å². The maximum absolute atomic E-state index is 5.69. The lowest BCUT2D eigenvalue weighted by atomic mass is 10.4. The van der Waals surface area contributed by atoms with Crippen molar-refractivity contribution in [3.63, 3.8) is 0 Å². The van der Waals surface area contributed by atoms with E-state index < -0.39 is 0 Å². The van der Waals surface area contributed by atoms with E-state index >= 15 is 0 Å². The number of pyridine rings is 1. The molecule has 0 aliphatic carbocycles. The molecule has 0 amide bonds. The molecule has 0 aliphatic heterocycles. The number of hydrogen-bond acceptors (Lipinski definition) is 3. The molecular weight excluding hydrogens is 257 g/mol. The maximum Gasteiger partial charge on any atom is 0.138 e. The Balaban J connectivity index is 2.59. The number of nitrogens with zero attached hydrogens (tertiary/aromatic N) is 1. The number of halogens is 2. The van der Waals surface area contributed by atoms with Gasteiger partial charge in [-0.3, -0.25) is 0 Å². The van der Waals surface area contributed by atoms with Crippen molar-refractivity contribution >= 4 is 27.5 Å². The topological polar surface area (TPSA) is 31.4 Å². The van der Waals surface area contributed by atoms with Gasteiger partial charge in [-0.1, -0.05) is 11.6 Å². The molecule has 0 fully saturated rings. The monoisotopic (exact) mass is 265 g/mol. The zero-order valence-electron chi connectivity index (χ0n) is 7.09. The summed E-state index contributed by atoms with van der Waals surface area (Å²) >= 11 is 8.98. The zero-order chi connectivity index (χ0) is 9.68. The molecule has 0 spiro atoms. The van der Waals surface area contributed by atoms with Crippen LogP contribution >= 0.6 is 27.5 Å². The summed E-state index contributed by atoms with van der Waals surface area (Å²) in [6, 6.07) is 1.65. The van der Waals surface area contributed by atoms with Crippen LogP contribution in [-0.4, -0.2) is 25.3 Å². The Morgan fingerprint density at radius 2 is 2.31 bits per heavy atom. The minimum atomic E-state index is 0.413. The van der Waals surface area contributed by atoms with Crippen molar-refractivity contribution in [3.05, 3.63) is 21.9 Å². The number of aromatic nitrogens is 1. The van der Waals surface area contributed by atoms with Gasteiger partial charge in [0.1, 0.15) is 17.5 Å². The molecule has 3 nitrogen and oxygen atoms in total. The summed E-state index contributed by atoms with van der Waals surface area (Å²) in [5.41, 5.74) is 0. The summed E-state index contributed by atoms with van der Waals surface area (Å²) in [4.78, 5) is 3.87. The van der Waals surface area contributed by atoms with Crippen LogP contribution in [0.4, 0.5) is 0 Å². The van der Waals surface area contributed by atoms with Crippen LogP contribution in [0.5, 0.6) is 5.75 Å². The number of methoxy groups -OCH3 is 1. The molecular formula is C8H9BrClNO2. The average molecular weight is 267 g/mol. The third kappa shape index (κ3) is 3.50. The molecule has 1 heterocycles. The summed E-state index contributed by atoms with van der Waals surface area (Å²) < 4.78 is 11.0. The Kier molecular flexibility index (Phi) is 4.48. The molecule has 0 aromatic carbocycles. The highest BCUT2D eigenvalue weighted by Gasteiger charge is 2.02. The molecule has 0 unspecified atom stereocenters. The summed E-state index contributed by atoms with van der Waals surface area (Å²) in [5.74, 6) is 0.678. The normalized spacial score (nSPS) is 10.1. The SMILES string of the molecule is COCCOc1cc(Cl)ncc1Br. The second kappa shape index (κ2) is 5.42. The predicted molar refractivity (Wildman–Crippen MR) is 54.3 cm³/mol. The van der Waals surface area contributed by atoms with E-state index in [4.69, 9.17) is 21.1 Å². The molecule has 0 N–H and O–H groups in total. The minimum absolute atomic E-state index is 0.413. The summed E-state index contributed by atoms with van der Waals surface area (Å²) in [5, 5.41) is 0.413. The van der Waals surface area contributed by atoms with Crippen molar-refractivity contribution in [1.82, 2.24) is 4.98 Å². The molecule has 5 heteroatoms. The Labute approximate surface area is 90.1 Å².